The zero-order valence-electron chi connectivity index (χ0n) is 14.6. The van der Waals surface area contributed by atoms with Gasteiger partial charge >= 0.3 is 0 Å². The molecule has 2 aromatic heterocycles. The van der Waals surface area contributed by atoms with Crippen molar-refractivity contribution < 1.29 is 17.9 Å². The fourth-order valence-electron chi connectivity index (χ4n) is 3.38. The monoisotopic (exact) mass is 415 g/mol. The van der Waals surface area contributed by atoms with Crippen molar-refractivity contribution in [1.29, 1.82) is 0 Å². The van der Waals surface area contributed by atoms with E-state index in [1.165, 1.54) is 10.5 Å². The maximum absolute atomic E-state index is 13.0. The van der Waals surface area contributed by atoms with Crippen LogP contribution < -0.4 is 5.32 Å². The largest absolute Gasteiger partial charge is 0.378 e. The van der Waals surface area contributed by atoms with Crippen molar-refractivity contribution in [2.24, 2.45) is 0 Å². The molecule has 9 nitrogen and oxygen atoms in total. The van der Waals surface area contributed by atoms with Crippen LogP contribution in [0.25, 0.3) is 11.0 Å². The van der Waals surface area contributed by atoms with Crippen molar-refractivity contribution in [2.75, 3.05) is 45.9 Å². The second kappa shape index (κ2) is 8.11. The number of ether oxygens (including phenoxy) is 1. The lowest BCUT2D eigenvalue weighted by Crippen LogP contribution is -2.57. The minimum absolute atomic E-state index is 0. The van der Waals surface area contributed by atoms with Gasteiger partial charge in [-0.25, -0.2) is 13.4 Å². The van der Waals surface area contributed by atoms with E-state index < -0.39 is 10.0 Å². The predicted octanol–water partition coefficient (Wildman–Crippen LogP) is -0.194. The van der Waals surface area contributed by atoms with Crippen LogP contribution in [0.4, 0.5) is 0 Å². The van der Waals surface area contributed by atoms with Crippen LogP contribution in [0.3, 0.4) is 0 Å². The zero-order chi connectivity index (χ0) is 18.1. The highest BCUT2D eigenvalue weighted by Gasteiger charge is 2.34. The molecule has 1 amide bonds. The van der Waals surface area contributed by atoms with Crippen molar-refractivity contribution in [3.05, 3.63) is 24.5 Å². The Labute approximate surface area is 163 Å². The average molecular weight is 416 g/mol. The van der Waals surface area contributed by atoms with Gasteiger partial charge in [-0.1, -0.05) is 0 Å². The summed E-state index contributed by atoms with van der Waals surface area (Å²) in [6.45, 7) is 2.91. The first-order valence-corrected chi connectivity index (χ1v) is 10.0. The molecule has 0 aromatic carbocycles. The Hall–Kier alpha value is -1.72. The number of halogens is 1. The highest BCUT2D eigenvalue weighted by molar-refractivity contribution is 7.89. The van der Waals surface area contributed by atoms with Gasteiger partial charge in [0.05, 0.1) is 13.2 Å². The number of amides is 1. The Kier molecular flexibility index (Phi) is 6.02. The number of pyridine rings is 1. The molecule has 2 fully saturated rings. The van der Waals surface area contributed by atoms with E-state index in [1.54, 1.807) is 23.2 Å². The lowest BCUT2D eigenvalue weighted by atomic mass is 10.2. The van der Waals surface area contributed by atoms with Crippen LogP contribution in [0.15, 0.2) is 29.4 Å². The minimum atomic E-state index is -3.64. The number of sulfonamides is 1. The van der Waals surface area contributed by atoms with Crippen molar-refractivity contribution in [2.45, 2.75) is 10.9 Å². The minimum Gasteiger partial charge on any atom is -0.378 e. The average Bonchev–Trinajstić information content (AvgIpc) is 3.13. The summed E-state index contributed by atoms with van der Waals surface area (Å²) in [5.41, 5.74) is 0.545. The van der Waals surface area contributed by atoms with Crippen molar-refractivity contribution in [3.8, 4) is 0 Å². The number of morpholine rings is 1. The number of fused-ring (bicyclic) bond motifs is 1. The topological polar surface area (TPSA) is 108 Å². The number of aromatic amines is 1. The normalized spacial score (nSPS) is 21.8. The molecule has 2 aliphatic rings. The number of carbonyl (C=O) groups is 1. The Morgan fingerprint density at radius 3 is 2.74 bits per heavy atom. The lowest BCUT2D eigenvalue weighted by molar-refractivity contribution is -0.137. The van der Waals surface area contributed by atoms with E-state index in [9.17, 15) is 13.2 Å². The number of piperazine rings is 1. The number of nitrogens with zero attached hydrogens (tertiary/aromatic N) is 3. The highest BCUT2D eigenvalue weighted by Crippen LogP contribution is 2.25. The number of rotatable bonds is 3. The van der Waals surface area contributed by atoms with Gasteiger partial charge in [0, 0.05) is 50.5 Å². The van der Waals surface area contributed by atoms with Crippen LogP contribution >= 0.6 is 12.4 Å². The molecule has 0 bridgehead atoms. The van der Waals surface area contributed by atoms with E-state index >= 15 is 0 Å². The molecule has 0 spiro atoms. The molecule has 0 saturated carbocycles. The molecule has 11 heteroatoms. The first kappa shape index (κ1) is 20.0. The van der Waals surface area contributed by atoms with E-state index in [0.29, 0.717) is 43.9 Å². The van der Waals surface area contributed by atoms with Crippen molar-refractivity contribution >= 4 is 39.4 Å². The Morgan fingerprint density at radius 2 is 2.04 bits per heavy atom. The fraction of sp³-hybridized carbons (Fsp3) is 0.500. The number of aromatic nitrogens is 2. The predicted molar refractivity (Wildman–Crippen MR) is 101 cm³/mol. The molecule has 1 unspecified atom stereocenters. The van der Waals surface area contributed by atoms with Crippen LogP contribution in [0.5, 0.6) is 0 Å². The summed E-state index contributed by atoms with van der Waals surface area (Å²) in [7, 11) is -3.64. The van der Waals surface area contributed by atoms with Crippen LogP contribution in [-0.2, 0) is 19.6 Å². The summed E-state index contributed by atoms with van der Waals surface area (Å²) < 4.78 is 32.7. The Balaban J connectivity index is 0.00000210. The third-order valence-electron chi connectivity index (χ3n) is 4.80. The lowest BCUT2D eigenvalue weighted by Gasteiger charge is -2.36. The summed E-state index contributed by atoms with van der Waals surface area (Å²) in [4.78, 5) is 21.5. The molecule has 27 heavy (non-hydrogen) atoms. The van der Waals surface area contributed by atoms with Crippen molar-refractivity contribution in [3.63, 3.8) is 0 Å². The van der Waals surface area contributed by atoms with Crippen LogP contribution in [0, 0.1) is 0 Å². The third-order valence-corrected chi connectivity index (χ3v) is 6.74. The van der Waals surface area contributed by atoms with Gasteiger partial charge in [-0.3, -0.25) is 4.79 Å². The maximum Gasteiger partial charge on any atom is 0.245 e. The number of hydrogen-bond donors (Lipinski definition) is 2. The number of hydrogen-bond acceptors (Lipinski definition) is 6. The van der Waals surface area contributed by atoms with Crippen LogP contribution in [-0.4, -0.2) is 85.5 Å². The number of H-pyrrole nitrogens is 1. The quantitative estimate of drug-likeness (QED) is 0.719. The summed E-state index contributed by atoms with van der Waals surface area (Å²) in [6.07, 6.45) is 3.09. The van der Waals surface area contributed by atoms with Crippen LogP contribution in [0.1, 0.15) is 0 Å². The molecule has 0 radical (unpaired) electrons. The number of carbonyl (C=O) groups excluding carboxylic acids is 1. The molecule has 148 valence electrons. The van der Waals surface area contributed by atoms with E-state index in [1.807, 2.05) is 0 Å². The van der Waals surface area contributed by atoms with E-state index in [4.69, 9.17) is 4.74 Å². The highest BCUT2D eigenvalue weighted by atomic mass is 35.5. The molecule has 2 N–H and O–H groups in total. The summed E-state index contributed by atoms with van der Waals surface area (Å²) in [6, 6.07) is 3.11. The summed E-state index contributed by atoms with van der Waals surface area (Å²) in [5, 5.41) is 3.72. The molecule has 2 aliphatic heterocycles. The smallest absolute Gasteiger partial charge is 0.245 e. The molecule has 2 saturated heterocycles. The first-order valence-electron chi connectivity index (χ1n) is 8.59. The van der Waals surface area contributed by atoms with E-state index in [0.717, 1.165) is 0 Å². The number of nitrogens with one attached hydrogen (secondary N) is 2. The van der Waals surface area contributed by atoms with E-state index in [2.05, 4.69) is 15.3 Å². The summed E-state index contributed by atoms with van der Waals surface area (Å²) >= 11 is 0. The second-order valence-corrected chi connectivity index (χ2v) is 8.27. The van der Waals surface area contributed by atoms with Gasteiger partial charge in [0.25, 0.3) is 0 Å². The van der Waals surface area contributed by atoms with Gasteiger partial charge in [0.15, 0.2) is 0 Å². The molecular formula is C16H22ClN5O4S. The van der Waals surface area contributed by atoms with Gasteiger partial charge < -0.3 is 19.9 Å². The zero-order valence-corrected chi connectivity index (χ0v) is 16.3. The Bertz CT molecular complexity index is 904. The molecule has 1 atom stereocenters. The van der Waals surface area contributed by atoms with E-state index in [-0.39, 0.29) is 42.3 Å². The first-order chi connectivity index (χ1) is 12.6. The van der Waals surface area contributed by atoms with Gasteiger partial charge in [0.2, 0.25) is 15.9 Å². The SMILES string of the molecule is Cl.O=C(C1COCCN1)N1CCN(S(=O)(=O)c2c[nH]c3ncccc23)CC1. The van der Waals surface area contributed by atoms with Crippen molar-refractivity contribution in [1.82, 2.24) is 24.5 Å². The Morgan fingerprint density at radius 1 is 1.26 bits per heavy atom. The van der Waals surface area contributed by atoms with Gasteiger partial charge in [-0.2, -0.15) is 4.31 Å². The third kappa shape index (κ3) is 3.81. The maximum atomic E-state index is 13.0. The molecule has 4 heterocycles. The van der Waals surface area contributed by atoms with Crippen LogP contribution in [0.2, 0.25) is 0 Å². The molecule has 4 rings (SSSR count). The summed E-state index contributed by atoms with van der Waals surface area (Å²) in [5.74, 6) is -0.0296. The van der Waals surface area contributed by atoms with Gasteiger partial charge in [0.1, 0.15) is 16.6 Å². The molecule has 0 aliphatic carbocycles. The van der Waals surface area contributed by atoms with Gasteiger partial charge in [-0.15, -0.1) is 12.4 Å². The van der Waals surface area contributed by atoms with Gasteiger partial charge in [-0.05, 0) is 12.1 Å². The molecular weight excluding hydrogens is 394 g/mol. The standard InChI is InChI=1S/C16H21N5O4S.ClH/c22-16(13-11-25-9-4-17-13)20-5-7-21(8-6-20)26(23,24)14-10-19-15-12(14)2-1-3-18-15;/h1-3,10,13,17H,4-9,11H2,(H,18,19);1H. The second-order valence-electron chi connectivity index (χ2n) is 6.36. The molecule has 2 aromatic rings. The fourth-order valence-corrected chi connectivity index (χ4v) is 4.95.